The van der Waals surface area contributed by atoms with E-state index in [1.165, 1.54) is 5.56 Å². The molecule has 13 heavy (non-hydrogen) atoms. The maximum Gasteiger partial charge on any atom is 0.0610 e. The lowest BCUT2D eigenvalue weighted by atomic mass is 10.0. The zero-order valence-corrected chi connectivity index (χ0v) is 8.30. The first-order valence-electron chi connectivity index (χ1n) is 4.68. The van der Waals surface area contributed by atoms with Gasteiger partial charge < -0.3 is 15.4 Å². The van der Waals surface area contributed by atoms with Crippen molar-refractivity contribution in [3.63, 3.8) is 0 Å². The molecule has 0 bridgehead atoms. The molecule has 0 spiro atoms. The number of aliphatic hydroxyl groups excluding tert-OH is 1. The largest absolute Gasteiger partial charge is 0.394 e. The highest BCUT2D eigenvalue weighted by Crippen LogP contribution is 2.09. The quantitative estimate of drug-likeness (QED) is 0.642. The molecule has 3 N–H and O–H groups in total. The van der Waals surface area contributed by atoms with Gasteiger partial charge in [0.2, 0.25) is 0 Å². The average molecular weight is 182 g/mol. The number of aliphatic hydroxyl groups is 1. The lowest BCUT2D eigenvalue weighted by Gasteiger charge is -2.27. The smallest absolute Gasteiger partial charge is 0.0610 e. The van der Waals surface area contributed by atoms with Gasteiger partial charge >= 0.3 is 0 Å². The van der Waals surface area contributed by atoms with Crippen LogP contribution in [0.5, 0.6) is 0 Å². The fourth-order valence-corrected chi connectivity index (χ4v) is 1.08. The van der Waals surface area contributed by atoms with Crippen LogP contribution < -0.4 is 5.32 Å². The lowest BCUT2D eigenvalue weighted by molar-refractivity contribution is 0.169. The van der Waals surface area contributed by atoms with Gasteiger partial charge in [-0.1, -0.05) is 6.92 Å². The second kappa shape index (κ2) is 4.44. The lowest BCUT2D eigenvalue weighted by Crippen LogP contribution is -2.44. The van der Waals surface area contributed by atoms with Gasteiger partial charge in [-0.05, 0) is 25.0 Å². The molecule has 0 aliphatic carbocycles. The fraction of sp³-hybridized carbons (Fsp3) is 0.600. The summed E-state index contributed by atoms with van der Waals surface area (Å²) < 4.78 is 0. The normalized spacial score (nSPS) is 15.6. The van der Waals surface area contributed by atoms with E-state index in [2.05, 4.69) is 17.2 Å². The van der Waals surface area contributed by atoms with E-state index >= 15 is 0 Å². The summed E-state index contributed by atoms with van der Waals surface area (Å²) in [5, 5.41) is 12.5. The molecule has 0 aliphatic heterocycles. The van der Waals surface area contributed by atoms with Crippen LogP contribution in [0.1, 0.15) is 25.8 Å². The summed E-state index contributed by atoms with van der Waals surface area (Å²) in [6.45, 7) is 5.07. The highest BCUT2D eigenvalue weighted by Gasteiger charge is 2.19. The summed E-state index contributed by atoms with van der Waals surface area (Å²) in [5.74, 6) is 0. The molecular weight excluding hydrogens is 164 g/mol. The Kier molecular flexibility index (Phi) is 3.51. The minimum Gasteiger partial charge on any atom is -0.394 e. The van der Waals surface area contributed by atoms with Crippen molar-refractivity contribution < 1.29 is 5.11 Å². The Balaban J connectivity index is 2.41. The van der Waals surface area contributed by atoms with Crippen LogP contribution in [0, 0.1) is 0 Å². The molecular formula is C10H18N2O. The Hall–Kier alpha value is -0.800. The summed E-state index contributed by atoms with van der Waals surface area (Å²) in [5.41, 5.74) is 1.06. The first-order chi connectivity index (χ1) is 6.20. The van der Waals surface area contributed by atoms with Crippen LogP contribution in [0.3, 0.4) is 0 Å². The van der Waals surface area contributed by atoms with E-state index in [0.29, 0.717) is 0 Å². The molecule has 1 atom stereocenters. The van der Waals surface area contributed by atoms with Crippen LogP contribution >= 0.6 is 0 Å². The number of aromatic nitrogens is 1. The minimum atomic E-state index is -0.155. The van der Waals surface area contributed by atoms with Crippen LogP contribution in [0.4, 0.5) is 0 Å². The zero-order valence-electron chi connectivity index (χ0n) is 8.30. The van der Waals surface area contributed by atoms with E-state index in [-0.39, 0.29) is 12.1 Å². The number of H-pyrrole nitrogens is 1. The topological polar surface area (TPSA) is 48.0 Å². The number of hydrogen-bond acceptors (Lipinski definition) is 2. The molecule has 0 saturated carbocycles. The standard InChI is InChI=1S/C10H18N2O/c1-3-10(2,8-13)12-7-9-4-5-11-6-9/h4-6,11-13H,3,7-8H2,1-2H3. The van der Waals surface area contributed by atoms with Crippen molar-refractivity contribution in [1.82, 2.24) is 10.3 Å². The second-order valence-corrected chi connectivity index (χ2v) is 3.65. The van der Waals surface area contributed by atoms with Crippen molar-refractivity contribution in [2.24, 2.45) is 0 Å². The molecule has 0 fully saturated rings. The minimum absolute atomic E-state index is 0.155. The van der Waals surface area contributed by atoms with Gasteiger partial charge in [-0.25, -0.2) is 0 Å². The molecule has 0 amide bonds. The van der Waals surface area contributed by atoms with Crippen LogP contribution in [-0.4, -0.2) is 22.2 Å². The van der Waals surface area contributed by atoms with Crippen LogP contribution in [0.25, 0.3) is 0 Å². The van der Waals surface area contributed by atoms with E-state index in [4.69, 9.17) is 5.11 Å². The Morgan fingerprint density at radius 1 is 1.62 bits per heavy atom. The Morgan fingerprint density at radius 3 is 2.85 bits per heavy atom. The SMILES string of the molecule is CCC(C)(CO)NCc1cc[nH]c1. The van der Waals surface area contributed by atoms with Crippen molar-refractivity contribution in [2.75, 3.05) is 6.61 Å². The molecule has 1 aromatic heterocycles. The van der Waals surface area contributed by atoms with Crippen LogP contribution in [0.2, 0.25) is 0 Å². The van der Waals surface area contributed by atoms with Gasteiger partial charge in [0.25, 0.3) is 0 Å². The maximum absolute atomic E-state index is 9.14. The molecule has 3 nitrogen and oxygen atoms in total. The van der Waals surface area contributed by atoms with Gasteiger partial charge in [0.05, 0.1) is 6.61 Å². The Morgan fingerprint density at radius 2 is 2.38 bits per heavy atom. The molecule has 1 heterocycles. The van der Waals surface area contributed by atoms with Gasteiger partial charge in [-0.15, -0.1) is 0 Å². The van der Waals surface area contributed by atoms with Crippen molar-refractivity contribution in [3.05, 3.63) is 24.0 Å². The second-order valence-electron chi connectivity index (χ2n) is 3.65. The van der Waals surface area contributed by atoms with Crippen molar-refractivity contribution in [2.45, 2.75) is 32.4 Å². The molecule has 0 radical (unpaired) electrons. The predicted octanol–water partition coefficient (Wildman–Crippen LogP) is 1.27. The highest BCUT2D eigenvalue weighted by molar-refractivity contribution is 5.08. The summed E-state index contributed by atoms with van der Waals surface area (Å²) in [6.07, 6.45) is 4.79. The van der Waals surface area contributed by atoms with E-state index in [9.17, 15) is 0 Å². The highest BCUT2D eigenvalue weighted by atomic mass is 16.3. The summed E-state index contributed by atoms with van der Waals surface area (Å²) >= 11 is 0. The van der Waals surface area contributed by atoms with Gasteiger partial charge in [-0.2, -0.15) is 0 Å². The fourth-order valence-electron chi connectivity index (χ4n) is 1.08. The number of hydrogen-bond donors (Lipinski definition) is 3. The van der Waals surface area contributed by atoms with Gasteiger partial charge in [0, 0.05) is 24.5 Å². The zero-order chi connectivity index (χ0) is 9.73. The number of rotatable bonds is 5. The molecule has 1 aromatic rings. The molecule has 1 unspecified atom stereocenters. The van der Waals surface area contributed by atoms with Gasteiger partial charge in [0.15, 0.2) is 0 Å². The van der Waals surface area contributed by atoms with Crippen molar-refractivity contribution in [3.8, 4) is 0 Å². The Bertz CT molecular complexity index is 227. The summed E-state index contributed by atoms with van der Waals surface area (Å²) in [6, 6.07) is 2.03. The van der Waals surface area contributed by atoms with Crippen LogP contribution in [-0.2, 0) is 6.54 Å². The van der Waals surface area contributed by atoms with Gasteiger partial charge in [-0.3, -0.25) is 0 Å². The molecule has 74 valence electrons. The average Bonchev–Trinajstić information content (AvgIpc) is 2.67. The first-order valence-corrected chi connectivity index (χ1v) is 4.68. The molecule has 0 saturated heterocycles. The third-order valence-corrected chi connectivity index (χ3v) is 2.51. The first kappa shape index (κ1) is 10.3. The van der Waals surface area contributed by atoms with Crippen LogP contribution in [0.15, 0.2) is 18.5 Å². The third kappa shape index (κ3) is 2.86. The maximum atomic E-state index is 9.14. The predicted molar refractivity (Wildman–Crippen MR) is 53.4 cm³/mol. The van der Waals surface area contributed by atoms with Crippen molar-refractivity contribution in [1.29, 1.82) is 0 Å². The molecule has 0 aliphatic rings. The summed E-state index contributed by atoms with van der Waals surface area (Å²) in [7, 11) is 0. The monoisotopic (exact) mass is 182 g/mol. The van der Waals surface area contributed by atoms with E-state index < -0.39 is 0 Å². The van der Waals surface area contributed by atoms with Crippen molar-refractivity contribution >= 4 is 0 Å². The van der Waals surface area contributed by atoms with Gasteiger partial charge in [0.1, 0.15) is 0 Å². The number of nitrogens with one attached hydrogen (secondary N) is 2. The molecule has 1 rings (SSSR count). The van der Waals surface area contributed by atoms with E-state index in [0.717, 1.165) is 13.0 Å². The van der Waals surface area contributed by atoms with E-state index in [1.807, 2.05) is 25.4 Å². The third-order valence-electron chi connectivity index (χ3n) is 2.51. The number of aromatic amines is 1. The Labute approximate surface area is 79.2 Å². The molecule has 3 heteroatoms. The molecule has 0 aromatic carbocycles. The summed E-state index contributed by atoms with van der Waals surface area (Å²) in [4.78, 5) is 3.00. The van der Waals surface area contributed by atoms with E-state index in [1.54, 1.807) is 0 Å².